The van der Waals surface area contributed by atoms with Gasteiger partial charge in [-0.1, -0.05) is 35.3 Å². The number of aliphatic hydroxyl groups is 1. The van der Waals surface area contributed by atoms with E-state index in [0.29, 0.717) is 28.6 Å². The second kappa shape index (κ2) is 8.07. The highest BCUT2D eigenvalue weighted by Gasteiger charge is 2.48. The predicted octanol–water partition coefficient (Wildman–Crippen LogP) is 4.19. The van der Waals surface area contributed by atoms with Gasteiger partial charge in [0.05, 0.1) is 15.5 Å². The third kappa shape index (κ3) is 3.57. The number of benzene rings is 2. The van der Waals surface area contributed by atoms with Gasteiger partial charge in [0.2, 0.25) is 5.91 Å². The number of hydrogen-bond acceptors (Lipinski definition) is 3. The summed E-state index contributed by atoms with van der Waals surface area (Å²) in [7, 11) is 0. The third-order valence-corrected chi connectivity index (χ3v) is 6.54. The minimum atomic E-state index is -0.506. The fourth-order valence-electron chi connectivity index (χ4n) is 4.24. The molecule has 28 heavy (non-hydrogen) atoms. The van der Waals surface area contributed by atoms with Gasteiger partial charge in [-0.05, 0) is 61.1 Å². The van der Waals surface area contributed by atoms with Crippen LogP contribution in [0.15, 0.2) is 36.4 Å². The number of fused-ring (bicyclic) bond motifs is 1. The number of aliphatic hydroxyl groups excluding tert-OH is 1. The Morgan fingerprint density at radius 1 is 1.07 bits per heavy atom. The van der Waals surface area contributed by atoms with E-state index >= 15 is 0 Å². The van der Waals surface area contributed by atoms with Gasteiger partial charge in [-0.3, -0.25) is 9.59 Å². The minimum absolute atomic E-state index is 0. The maximum absolute atomic E-state index is 13.3. The number of carbonyl (C=O) groups excluding carboxylic acids is 2. The number of aryl methyl sites for hydroxylation is 1. The first-order valence-corrected chi connectivity index (χ1v) is 9.72. The van der Waals surface area contributed by atoms with Crippen molar-refractivity contribution < 1.29 is 14.7 Å². The van der Waals surface area contributed by atoms with E-state index in [1.807, 2.05) is 18.2 Å². The maximum atomic E-state index is 13.3. The Kier molecular flexibility index (Phi) is 6.11. The van der Waals surface area contributed by atoms with Crippen molar-refractivity contribution in [3.05, 3.63) is 63.1 Å². The molecule has 1 amide bonds. The summed E-state index contributed by atoms with van der Waals surface area (Å²) in [4.78, 5) is 26.9. The molecule has 0 aromatic heterocycles. The zero-order valence-corrected chi connectivity index (χ0v) is 17.7. The molecule has 1 aliphatic carbocycles. The Bertz CT molecular complexity index is 949. The summed E-state index contributed by atoms with van der Waals surface area (Å²) in [5.41, 5.74) is 3.03. The monoisotopic (exact) mass is 437 g/mol. The van der Waals surface area contributed by atoms with Crippen LogP contribution in [0.5, 0.6) is 0 Å². The molecule has 1 fully saturated rings. The summed E-state index contributed by atoms with van der Waals surface area (Å²) in [6.45, 7) is 0.134. The van der Waals surface area contributed by atoms with Gasteiger partial charge in [-0.15, -0.1) is 0 Å². The Hall–Kier alpha value is -1.53. The number of nitrogens with zero attached hydrogens (tertiary/aromatic N) is 1. The first kappa shape index (κ1) is 21.2. The fraction of sp³-hybridized carbons (Fsp3) is 0.333. The molecule has 7 heteroatoms. The lowest BCUT2D eigenvalue weighted by Crippen LogP contribution is -2.38. The molecule has 0 radical (unpaired) electrons. The second-order valence-corrected chi connectivity index (χ2v) is 8.14. The molecular weight excluding hydrogens is 417 g/mol. The van der Waals surface area contributed by atoms with Crippen molar-refractivity contribution in [3.8, 4) is 0 Å². The average molecular weight is 438 g/mol. The van der Waals surface area contributed by atoms with E-state index < -0.39 is 12.0 Å². The van der Waals surface area contributed by atoms with E-state index in [2.05, 4.69) is 0 Å². The number of carbonyl (C=O) groups is 2. The fourth-order valence-corrected chi connectivity index (χ4v) is 4.53. The highest BCUT2D eigenvalue weighted by atomic mass is 35.5. The van der Waals surface area contributed by atoms with Crippen molar-refractivity contribution in [2.24, 2.45) is 5.41 Å². The normalized spacial score (nSPS) is 20.8. The summed E-state index contributed by atoms with van der Waals surface area (Å²) in [6, 6.07) is 10.8. The van der Waals surface area contributed by atoms with E-state index in [-0.39, 0.29) is 25.2 Å². The van der Waals surface area contributed by atoms with Crippen molar-refractivity contribution >= 4 is 54.1 Å². The number of halogens is 2. The van der Waals surface area contributed by atoms with Crippen LogP contribution < -0.4 is 4.90 Å². The molecule has 148 valence electrons. The number of hydrogen-bond donors (Lipinski definition) is 1. The van der Waals surface area contributed by atoms with Gasteiger partial charge in [-0.25, -0.2) is 0 Å². The Labute approximate surface area is 180 Å². The molecular formula is C21H21Cl2NO3S. The standard InChI is InChI=1S/C21H19Cl2NO3.H2S/c22-17-4-3-16(10-18(17)23)24-8-7-21(20(24)27)6-5-13-1-2-14(19(26)12-25)9-15(13)11-21;/h1-4,9-10,25H,5-8,11-12H2;1H2/t21-;/m1./s1. The van der Waals surface area contributed by atoms with E-state index in [4.69, 9.17) is 28.3 Å². The van der Waals surface area contributed by atoms with Gasteiger partial charge < -0.3 is 10.0 Å². The van der Waals surface area contributed by atoms with Gasteiger partial charge in [0.15, 0.2) is 5.78 Å². The van der Waals surface area contributed by atoms with Crippen molar-refractivity contribution in [1.29, 1.82) is 0 Å². The van der Waals surface area contributed by atoms with Gasteiger partial charge >= 0.3 is 0 Å². The van der Waals surface area contributed by atoms with E-state index in [0.717, 1.165) is 30.5 Å². The summed E-state index contributed by atoms with van der Waals surface area (Å²) in [6.07, 6.45) is 2.99. The van der Waals surface area contributed by atoms with Crippen LogP contribution in [-0.2, 0) is 17.6 Å². The van der Waals surface area contributed by atoms with Gasteiger partial charge in [0.25, 0.3) is 0 Å². The molecule has 4 rings (SSSR count). The number of amides is 1. The lowest BCUT2D eigenvalue weighted by atomic mass is 9.70. The van der Waals surface area contributed by atoms with Crippen molar-refractivity contribution in [2.75, 3.05) is 18.1 Å². The van der Waals surface area contributed by atoms with Crippen LogP contribution in [-0.4, -0.2) is 29.9 Å². The van der Waals surface area contributed by atoms with Crippen LogP contribution >= 0.6 is 36.7 Å². The molecule has 4 nitrogen and oxygen atoms in total. The SMILES string of the molecule is O=C(CO)c1ccc2c(c1)C[C@@]1(CC2)CCN(c2ccc(Cl)c(Cl)c2)C1=O.S. The Morgan fingerprint density at radius 3 is 2.57 bits per heavy atom. The van der Waals surface area contributed by atoms with E-state index in [1.54, 1.807) is 23.1 Å². The topological polar surface area (TPSA) is 57.6 Å². The first-order chi connectivity index (χ1) is 12.9. The van der Waals surface area contributed by atoms with Crippen molar-refractivity contribution in [1.82, 2.24) is 0 Å². The molecule has 0 saturated carbocycles. The van der Waals surface area contributed by atoms with Crippen LogP contribution in [0, 0.1) is 5.41 Å². The zero-order chi connectivity index (χ0) is 19.2. The Morgan fingerprint density at radius 2 is 1.86 bits per heavy atom. The largest absolute Gasteiger partial charge is 0.388 e. The van der Waals surface area contributed by atoms with Crippen LogP contribution in [0.4, 0.5) is 5.69 Å². The smallest absolute Gasteiger partial charge is 0.233 e. The number of rotatable bonds is 3. The zero-order valence-electron chi connectivity index (χ0n) is 15.2. The molecule has 1 spiro atoms. The van der Waals surface area contributed by atoms with Crippen LogP contribution in [0.25, 0.3) is 0 Å². The van der Waals surface area contributed by atoms with Crippen LogP contribution in [0.3, 0.4) is 0 Å². The quantitative estimate of drug-likeness (QED) is 0.732. The number of Topliss-reactive ketones (excluding diaryl/α,β-unsaturated/α-hetero) is 1. The lowest BCUT2D eigenvalue weighted by molar-refractivity contribution is -0.126. The maximum Gasteiger partial charge on any atom is 0.233 e. The van der Waals surface area contributed by atoms with Crippen LogP contribution in [0.2, 0.25) is 10.0 Å². The highest BCUT2D eigenvalue weighted by Crippen LogP contribution is 2.45. The summed E-state index contributed by atoms with van der Waals surface area (Å²) >= 11 is 12.1. The van der Waals surface area contributed by atoms with Crippen molar-refractivity contribution in [3.63, 3.8) is 0 Å². The molecule has 1 atom stereocenters. The Balaban J connectivity index is 0.00000225. The summed E-state index contributed by atoms with van der Waals surface area (Å²) in [5, 5.41) is 10.0. The second-order valence-electron chi connectivity index (χ2n) is 7.33. The minimum Gasteiger partial charge on any atom is -0.388 e. The average Bonchev–Trinajstić information content (AvgIpc) is 2.98. The van der Waals surface area contributed by atoms with Crippen LogP contribution in [0.1, 0.15) is 34.3 Å². The molecule has 0 bridgehead atoms. The molecule has 1 N–H and O–H groups in total. The summed E-state index contributed by atoms with van der Waals surface area (Å²) < 4.78 is 0. The molecule has 1 aliphatic heterocycles. The summed E-state index contributed by atoms with van der Waals surface area (Å²) in [5.74, 6) is -0.196. The number of anilines is 1. The molecule has 1 heterocycles. The molecule has 2 aromatic carbocycles. The predicted molar refractivity (Wildman–Crippen MR) is 116 cm³/mol. The first-order valence-electron chi connectivity index (χ1n) is 8.96. The van der Waals surface area contributed by atoms with Gasteiger partial charge in [0, 0.05) is 17.8 Å². The van der Waals surface area contributed by atoms with Gasteiger partial charge in [0.1, 0.15) is 6.61 Å². The highest BCUT2D eigenvalue weighted by molar-refractivity contribution is 7.59. The van der Waals surface area contributed by atoms with E-state index in [9.17, 15) is 9.59 Å². The molecule has 1 saturated heterocycles. The third-order valence-electron chi connectivity index (χ3n) is 5.80. The molecule has 0 unspecified atom stereocenters. The van der Waals surface area contributed by atoms with Gasteiger partial charge in [-0.2, -0.15) is 13.5 Å². The molecule has 2 aliphatic rings. The lowest BCUT2D eigenvalue weighted by Gasteiger charge is -2.33. The number of ketones is 1. The molecule has 2 aromatic rings. The van der Waals surface area contributed by atoms with E-state index in [1.165, 1.54) is 5.56 Å². The van der Waals surface area contributed by atoms with Crippen molar-refractivity contribution in [2.45, 2.75) is 25.7 Å².